The highest BCUT2D eigenvalue weighted by molar-refractivity contribution is 5.95. The SMILES string of the molecule is CCNC(CN1CC(=O)N2CCCC2C1=O)C(C)C. The Labute approximate surface area is 115 Å². The standard InChI is InChI=1S/C14H25N3O2/c1-4-15-11(10(2)3)8-16-9-13(18)17-7-5-6-12(17)14(16)19/h10-12,15H,4-9H2,1-3H3. The van der Waals surface area contributed by atoms with E-state index in [-0.39, 0.29) is 30.4 Å². The van der Waals surface area contributed by atoms with Crippen molar-refractivity contribution < 1.29 is 9.59 Å². The third-order valence-corrected chi connectivity index (χ3v) is 4.18. The molecule has 2 heterocycles. The van der Waals surface area contributed by atoms with Crippen LogP contribution in [0.3, 0.4) is 0 Å². The Balaban J connectivity index is 2.03. The molecule has 2 amide bonds. The molecule has 2 atom stereocenters. The first-order valence-corrected chi connectivity index (χ1v) is 7.36. The molecule has 2 unspecified atom stereocenters. The van der Waals surface area contributed by atoms with Crippen LogP contribution >= 0.6 is 0 Å². The number of amides is 2. The number of hydrogen-bond donors (Lipinski definition) is 1. The van der Waals surface area contributed by atoms with Crippen LogP contribution in [0.5, 0.6) is 0 Å². The number of nitrogens with one attached hydrogen (secondary N) is 1. The smallest absolute Gasteiger partial charge is 0.245 e. The van der Waals surface area contributed by atoms with Crippen LogP contribution in [0.1, 0.15) is 33.6 Å². The van der Waals surface area contributed by atoms with Crippen LogP contribution in [0.25, 0.3) is 0 Å². The van der Waals surface area contributed by atoms with Crippen molar-refractivity contribution in [3.63, 3.8) is 0 Å². The monoisotopic (exact) mass is 267 g/mol. The van der Waals surface area contributed by atoms with Crippen molar-refractivity contribution in [2.24, 2.45) is 5.92 Å². The predicted octanol–water partition coefficient (Wildman–Crippen LogP) is 0.454. The van der Waals surface area contributed by atoms with Crippen LogP contribution in [0, 0.1) is 5.92 Å². The van der Waals surface area contributed by atoms with Gasteiger partial charge < -0.3 is 15.1 Å². The number of hydrogen-bond acceptors (Lipinski definition) is 3. The van der Waals surface area contributed by atoms with Gasteiger partial charge in [0.2, 0.25) is 11.8 Å². The second kappa shape index (κ2) is 5.90. The lowest BCUT2D eigenvalue weighted by Crippen LogP contribution is -2.60. The summed E-state index contributed by atoms with van der Waals surface area (Å²) in [6.07, 6.45) is 1.78. The van der Waals surface area contributed by atoms with E-state index >= 15 is 0 Å². The fourth-order valence-corrected chi connectivity index (χ4v) is 3.03. The van der Waals surface area contributed by atoms with Gasteiger partial charge in [-0.25, -0.2) is 0 Å². The Kier molecular flexibility index (Phi) is 4.45. The van der Waals surface area contributed by atoms with Gasteiger partial charge in [0.15, 0.2) is 0 Å². The highest BCUT2D eigenvalue weighted by atomic mass is 16.2. The Morgan fingerprint density at radius 2 is 2.11 bits per heavy atom. The van der Waals surface area contributed by atoms with Gasteiger partial charge in [-0.3, -0.25) is 9.59 Å². The highest BCUT2D eigenvalue weighted by Gasteiger charge is 2.42. The number of fused-ring (bicyclic) bond motifs is 1. The highest BCUT2D eigenvalue weighted by Crippen LogP contribution is 2.24. The van der Waals surface area contributed by atoms with Gasteiger partial charge in [0.1, 0.15) is 6.04 Å². The van der Waals surface area contributed by atoms with E-state index in [2.05, 4.69) is 26.1 Å². The fourth-order valence-electron chi connectivity index (χ4n) is 3.03. The zero-order chi connectivity index (χ0) is 14.0. The van der Waals surface area contributed by atoms with Gasteiger partial charge in [0.25, 0.3) is 0 Å². The van der Waals surface area contributed by atoms with Gasteiger partial charge in [-0.1, -0.05) is 20.8 Å². The van der Waals surface area contributed by atoms with E-state index in [1.54, 1.807) is 9.80 Å². The van der Waals surface area contributed by atoms with Crippen LogP contribution in [0.2, 0.25) is 0 Å². The molecular formula is C14H25N3O2. The molecule has 0 radical (unpaired) electrons. The number of nitrogens with zero attached hydrogens (tertiary/aromatic N) is 2. The molecule has 108 valence electrons. The van der Waals surface area contributed by atoms with E-state index in [1.807, 2.05) is 0 Å². The second-order valence-corrected chi connectivity index (χ2v) is 5.87. The van der Waals surface area contributed by atoms with E-state index in [1.165, 1.54) is 0 Å². The molecule has 0 aliphatic carbocycles. The number of piperazine rings is 1. The molecule has 0 aromatic rings. The third-order valence-electron chi connectivity index (χ3n) is 4.18. The molecule has 2 aliphatic heterocycles. The molecule has 2 saturated heterocycles. The van der Waals surface area contributed by atoms with E-state index in [9.17, 15) is 9.59 Å². The Hall–Kier alpha value is -1.10. The fraction of sp³-hybridized carbons (Fsp3) is 0.857. The summed E-state index contributed by atoms with van der Waals surface area (Å²) >= 11 is 0. The van der Waals surface area contributed by atoms with Crippen LogP contribution < -0.4 is 5.32 Å². The largest absolute Gasteiger partial charge is 0.330 e. The van der Waals surface area contributed by atoms with E-state index < -0.39 is 0 Å². The summed E-state index contributed by atoms with van der Waals surface area (Å²) in [5.41, 5.74) is 0. The lowest BCUT2D eigenvalue weighted by atomic mass is 10.0. The first kappa shape index (κ1) is 14.3. The van der Waals surface area contributed by atoms with Gasteiger partial charge in [-0.2, -0.15) is 0 Å². The van der Waals surface area contributed by atoms with Gasteiger partial charge in [-0.15, -0.1) is 0 Å². The maximum atomic E-state index is 12.4. The maximum absolute atomic E-state index is 12.4. The molecule has 2 fully saturated rings. The molecule has 0 aromatic carbocycles. The van der Waals surface area contributed by atoms with Gasteiger partial charge in [0.05, 0.1) is 6.54 Å². The Morgan fingerprint density at radius 3 is 2.74 bits per heavy atom. The predicted molar refractivity (Wildman–Crippen MR) is 73.6 cm³/mol. The summed E-state index contributed by atoms with van der Waals surface area (Å²) in [5.74, 6) is 0.700. The maximum Gasteiger partial charge on any atom is 0.245 e. The molecule has 1 N–H and O–H groups in total. The van der Waals surface area contributed by atoms with Crippen LogP contribution in [-0.2, 0) is 9.59 Å². The average molecular weight is 267 g/mol. The molecule has 0 spiro atoms. The molecule has 0 saturated carbocycles. The van der Waals surface area contributed by atoms with E-state index in [0.717, 1.165) is 25.9 Å². The number of carbonyl (C=O) groups is 2. The summed E-state index contributed by atoms with van der Waals surface area (Å²) in [6.45, 7) is 8.89. The molecule has 19 heavy (non-hydrogen) atoms. The number of rotatable bonds is 5. The Bertz CT molecular complexity index is 357. The first-order chi connectivity index (χ1) is 9.04. The first-order valence-electron chi connectivity index (χ1n) is 7.36. The molecule has 0 aromatic heterocycles. The normalized spacial score (nSPS) is 25.2. The number of likely N-dealkylation sites (N-methyl/N-ethyl adjacent to an activating group) is 1. The quantitative estimate of drug-likeness (QED) is 0.787. The van der Waals surface area contributed by atoms with Crippen molar-refractivity contribution in [2.75, 3.05) is 26.2 Å². The molecular weight excluding hydrogens is 242 g/mol. The Morgan fingerprint density at radius 1 is 1.37 bits per heavy atom. The second-order valence-electron chi connectivity index (χ2n) is 5.87. The lowest BCUT2D eigenvalue weighted by Gasteiger charge is -2.38. The van der Waals surface area contributed by atoms with Gasteiger partial charge in [-0.05, 0) is 25.3 Å². The van der Waals surface area contributed by atoms with Crippen molar-refractivity contribution in [2.45, 2.75) is 45.7 Å². The zero-order valence-corrected chi connectivity index (χ0v) is 12.2. The average Bonchev–Trinajstić information content (AvgIpc) is 2.84. The minimum Gasteiger partial charge on any atom is -0.330 e. The van der Waals surface area contributed by atoms with E-state index in [0.29, 0.717) is 12.5 Å². The van der Waals surface area contributed by atoms with Crippen molar-refractivity contribution in [3.05, 3.63) is 0 Å². The topological polar surface area (TPSA) is 52.7 Å². The lowest BCUT2D eigenvalue weighted by molar-refractivity contribution is -0.154. The van der Waals surface area contributed by atoms with Crippen LogP contribution in [-0.4, -0.2) is 59.9 Å². The summed E-state index contributed by atoms with van der Waals surface area (Å²) in [6, 6.07) is 0.0744. The minimum atomic E-state index is -0.185. The van der Waals surface area contributed by atoms with Crippen molar-refractivity contribution in [3.8, 4) is 0 Å². The molecule has 5 heteroatoms. The summed E-state index contributed by atoms with van der Waals surface area (Å²) in [4.78, 5) is 28.0. The van der Waals surface area contributed by atoms with Crippen molar-refractivity contribution in [1.82, 2.24) is 15.1 Å². The molecule has 2 aliphatic rings. The third kappa shape index (κ3) is 2.91. The number of carbonyl (C=O) groups excluding carboxylic acids is 2. The van der Waals surface area contributed by atoms with Gasteiger partial charge in [0, 0.05) is 19.1 Å². The van der Waals surface area contributed by atoms with Crippen molar-refractivity contribution in [1.29, 1.82) is 0 Å². The minimum absolute atomic E-state index is 0.112. The molecule has 5 nitrogen and oxygen atoms in total. The zero-order valence-electron chi connectivity index (χ0n) is 12.2. The summed E-state index contributed by atoms with van der Waals surface area (Å²) in [7, 11) is 0. The van der Waals surface area contributed by atoms with Crippen LogP contribution in [0.4, 0.5) is 0 Å². The summed E-state index contributed by atoms with van der Waals surface area (Å²) < 4.78 is 0. The van der Waals surface area contributed by atoms with Crippen LogP contribution in [0.15, 0.2) is 0 Å². The van der Waals surface area contributed by atoms with Crippen molar-refractivity contribution >= 4 is 11.8 Å². The summed E-state index contributed by atoms with van der Waals surface area (Å²) in [5, 5.41) is 3.41. The molecule has 2 rings (SSSR count). The molecule has 0 bridgehead atoms. The van der Waals surface area contributed by atoms with Gasteiger partial charge >= 0.3 is 0 Å². The van der Waals surface area contributed by atoms with E-state index in [4.69, 9.17) is 0 Å².